The highest BCUT2D eigenvalue weighted by molar-refractivity contribution is 5.78. The summed E-state index contributed by atoms with van der Waals surface area (Å²) in [6.45, 7) is 6.22. The third-order valence-corrected chi connectivity index (χ3v) is 6.56. The molecule has 0 radical (unpaired) electrons. The average Bonchev–Trinajstić information content (AvgIpc) is 3.21. The quantitative estimate of drug-likeness (QED) is 0.645. The minimum absolute atomic E-state index is 0.168. The average molecular weight is 443 g/mol. The fourth-order valence-electron chi connectivity index (χ4n) is 5.14. The van der Waals surface area contributed by atoms with Crippen LogP contribution < -0.4 is 15.4 Å². The molecule has 1 spiro atoms. The Hall–Kier alpha value is -3.58. The Morgan fingerprint density at radius 1 is 0.970 bits per heavy atom. The van der Waals surface area contributed by atoms with Crippen LogP contribution in [0.2, 0.25) is 0 Å². The lowest BCUT2D eigenvalue weighted by Gasteiger charge is -2.38. The first kappa shape index (κ1) is 20.1. The number of ether oxygens (including phenoxy) is 3. The van der Waals surface area contributed by atoms with Crippen molar-refractivity contribution in [1.82, 2.24) is 4.98 Å². The maximum Gasteiger partial charge on any atom is 0.283 e. The van der Waals surface area contributed by atoms with Crippen molar-refractivity contribution >= 4 is 11.7 Å². The minimum Gasteiger partial charge on any atom is -0.462 e. The van der Waals surface area contributed by atoms with Gasteiger partial charge in [0, 0.05) is 47.9 Å². The van der Waals surface area contributed by atoms with Crippen LogP contribution in [-0.2, 0) is 15.0 Å². The predicted octanol–water partition coefficient (Wildman–Crippen LogP) is 4.06. The molecular formula is C26H26N4O3. The lowest BCUT2D eigenvalue weighted by molar-refractivity contribution is -0.00522. The number of hydrogen-bond donors (Lipinski definition) is 1. The molecule has 0 amide bonds. The largest absolute Gasteiger partial charge is 0.462 e. The number of pyridine rings is 1. The molecule has 0 unspecified atom stereocenters. The lowest BCUT2D eigenvalue weighted by Crippen LogP contribution is -2.45. The summed E-state index contributed by atoms with van der Waals surface area (Å²) in [6.07, 6.45) is 3.96. The number of nitrogens with two attached hydrogens (primary N) is 1. The maximum atomic E-state index is 6.35. The molecule has 3 aliphatic heterocycles. The van der Waals surface area contributed by atoms with Crippen molar-refractivity contribution in [3.63, 3.8) is 0 Å². The number of aliphatic imine (C=N–C) groups is 1. The van der Waals surface area contributed by atoms with Crippen molar-refractivity contribution < 1.29 is 14.2 Å². The molecule has 168 valence electrons. The molecule has 3 aliphatic rings. The third-order valence-electron chi connectivity index (χ3n) is 6.56. The standard InChI is InChI=1S/C26H26N4O3/c1-16-13-30(14-17(2)32-16)20-6-8-24-22(11-20)26(15-31-25(27)29-26)21-10-18(5-7-23(21)33-24)19-4-3-9-28-12-19/h3-12,16-17H,13-15H2,1-2H3,(H2,27,29)/t16-,17+,26-/m0/s1. The molecular weight excluding hydrogens is 416 g/mol. The highest BCUT2D eigenvalue weighted by Crippen LogP contribution is 2.52. The summed E-state index contributed by atoms with van der Waals surface area (Å²) in [5.41, 5.74) is 10.4. The number of fused-ring (bicyclic) bond motifs is 4. The first-order valence-corrected chi connectivity index (χ1v) is 11.3. The van der Waals surface area contributed by atoms with Crippen LogP contribution in [0, 0.1) is 0 Å². The van der Waals surface area contributed by atoms with Gasteiger partial charge in [0.15, 0.2) is 5.54 Å². The summed E-state index contributed by atoms with van der Waals surface area (Å²) >= 11 is 0. The Balaban J connectivity index is 1.48. The molecule has 3 aromatic rings. The Bertz CT molecular complexity index is 1240. The van der Waals surface area contributed by atoms with Gasteiger partial charge in [0.1, 0.15) is 18.1 Å². The van der Waals surface area contributed by atoms with E-state index in [9.17, 15) is 0 Å². The van der Waals surface area contributed by atoms with Gasteiger partial charge in [-0.3, -0.25) is 4.98 Å². The smallest absolute Gasteiger partial charge is 0.283 e. The van der Waals surface area contributed by atoms with E-state index >= 15 is 0 Å². The normalized spacial score (nSPS) is 25.6. The topological polar surface area (TPSA) is 82.2 Å². The zero-order chi connectivity index (χ0) is 22.6. The van der Waals surface area contributed by atoms with Gasteiger partial charge in [0.2, 0.25) is 0 Å². The van der Waals surface area contributed by atoms with Gasteiger partial charge in [-0.15, -0.1) is 0 Å². The van der Waals surface area contributed by atoms with E-state index in [1.54, 1.807) is 6.20 Å². The first-order chi connectivity index (χ1) is 16.0. The van der Waals surface area contributed by atoms with E-state index in [1.807, 2.05) is 36.5 Å². The van der Waals surface area contributed by atoms with Crippen molar-refractivity contribution in [1.29, 1.82) is 0 Å². The van der Waals surface area contributed by atoms with Gasteiger partial charge in [0.05, 0.1) is 12.2 Å². The van der Waals surface area contributed by atoms with Crippen molar-refractivity contribution in [2.45, 2.75) is 31.6 Å². The summed E-state index contributed by atoms with van der Waals surface area (Å²) in [6, 6.07) is 16.6. The molecule has 1 saturated heterocycles. The van der Waals surface area contributed by atoms with Gasteiger partial charge in [-0.05, 0) is 55.8 Å². The number of morpholine rings is 1. The van der Waals surface area contributed by atoms with Gasteiger partial charge in [-0.25, -0.2) is 4.99 Å². The second-order valence-corrected chi connectivity index (χ2v) is 9.00. The molecule has 0 saturated carbocycles. The van der Waals surface area contributed by atoms with Gasteiger partial charge >= 0.3 is 0 Å². The van der Waals surface area contributed by atoms with Crippen LogP contribution >= 0.6 is 0 Å². The number of amidine groups is 1. The molecule has 3 atom stereocenters. The van der Waals surface area contributed by atoms with Crippen LogP contribution in [0.15, 0.2) is 65.9 Å². The summed E-state index contributed by atoms with van der Waals surface area (Å²) in [4.78, 5) is 11.5. The predicted molar refractivity (Wildman–Crippen MR) is 127 cm³/mol. The van der Waals surface area contributed by atoms with Crippen LogP contribution in [0.25, 0.3) is 11.1 Å². The number of benzene rings is 2. The third kappa shape index (κ3) is 3.31. The van der Waals surface area contributed by atoms with Crippen molar-refractivity contribution in [2.75, 3.05) is 24.6 Å². The minimum atomic E-state index is -0.759. The maximum absolute atomic E-state index is 6.35. The second-order valence-electron chi connectivity index (χ2n) is 9.00. The molecule has 1 fully saturated rings. The lowest BCUT2D eigenvalue weighted by atomic mass is 9.80. The Kier molecular flexibility index (Phi) is 4.55. The SMILES string of the molecule is C[C@@H]1CN(c2ccc3c(c2)[C@]2(COC(N)=N2)c2cc(-c4cccnc4)ccc2O3)C[C@H](C)O1. The molecule has 1 aromatic heterocycles. The fourth-order valence-corrected chi connectivity index (χ4v) is 5.14. The van der Waals surface area contributed by atoms with Crippen molar-refractivity contribution in [3.05, 3.63) is 72.1 Å². The molecule has 0 bridgehead atoms. The number of anilines is 1. The van der Waals surface area contributed by atoms with E-state index in [0.717, 1.165) is 52.5 Å². The van der Waals surface area contributed by atoms with Crippen molar-refractivity contribution in [3.8, 4) is 22.6 Å². The second kappa shape index (κ2) is 7.49. The van der Waals surface area contributed by atoms with E-state index in [-0.39, 0.29) is 18.2 Å². The van der Waals surface area contributed by atoms with Gasteiger partial charge < -0.3 is 24.8 Å². The summed E-state index contributed by atoms with van der Waals surface area (Å²) in [7, 11) is 0. The van der Waals surface area contributed by atoms with Gasteiger partial charge in [-0.2, -0.15) is 0 Å². The van der Waals surface area contributed by atoms with Crippen LogP contribution in [0.1, 0.15) is 25.0 Å². The van der Waals surface area contributed by atoms with Crippen LogP contribution in [0.4, 0.5) is 5.69 Å². The molecule has 7 nitrogen and oxygen atoms in total. The van der Waals surface area contributed by atoms with Crippen LogP contribution in [0.3, 0.4) is 0 Å². The summed E-state index contributed by atoms with van der Waals surface area (Å²) in [5.74, 6) is 1.54. The van der Waals surface area contributed by atoms with E-state index in [0.29, 0.717) is 6.61 Å². The zero-order valence-electron chi connectivity index (χ0n) is 18.7. The monoisotopic (exact) mass is 442 g/mol. The van der Waals surface area contributed by atoms with E-state index in [4.69, 9.17) is 24.9 Å². The van der Waals surface area contributed by atoms with E-state index in [2.05, 4.69) is 41.9 Å². The van der Waals surface area contributed by atoms with Crippen LogP contribution in [-0.4, -0.2) is 42.9 Å². The van der Waals surface area contributed by atoms with Crippen molar-refractivity contribution in [2.24, 2.45) is 10.7 Å². The molecule has 6 rings (SSSR count). The molecule has 2 N–H and O–H groups in total. The Morgan fingerprint density at radius 3 is 2.42 bits per heavy atom. The number of nitrogens with zero attached hydrogens (tertiary/aromatic N) is 3. The molecule has 33 heavy (non-hydrogen) atoms. The molecule has 7 heteroatoms. The summed E-state index contributed by atoms with van der Waals surface area (Å²) < 4.78 is 18.0. The fraction of sp³-hybridized carbons (Fsp3) is 0.308. The van der Waals surface area contributed by atoms with E-state index < -0.39 is 5.54 Å². The van der Waals surface area contributed by atoms with Gasteiger partial charge in [0.25, 0.3) is 6.02 Å². The molecule has 2 aromatic carbocycles. The summed E-state index contributed by atoms with van der Waals surface area (Å²) in [5, 5.41) is 0. The first-order valence-electron chi connectivity index (χ1n) is 11.3. The molecule has 0 aliphatic carbocycles. The Labute approximate surface area is 192 Å². The highest BCUT2D eigenvalue weighted by atomic mass is 16.5. The number of aromatic nitrogens is 1. The number of hydrogen-bond acceptors (Lipinski definition) is 7. The number of rotatable bonds is 2. The molecule has 4 heterocycles. The Morgan fingerprint density at radius 2 is 1.73 bits per heavy atom. The highest BCUT2D eigenvalue weighted by Gasteiger charge is 2.47. The zero-order valence-corrected chi connectivity index (χ0v) is 18.7. The van der Waals surface area contributed by atoms with Gasteiger partial charge in [-0.1, -0.05) is 12.1 Å². The van der Waals surface area contributed by atoms with Crippen LogP contribution in [0.5, 0.6) is 11.5 Å². The van der Waals surface area contributed by atoms with E-state index in [1.165, 1.54) is 0 Å².